The zero-order chi connectivity index (χ0) is 26.2. The summed E-state index contributed by atoms with van der Waals surface area (Å²) in [6.45, 7) is 2.41. The lowest BCUT2D eigenvalue weighted by atomic mass is 9.87. The number of nitrogens with zero attached hydrogens (tertiary/aromatic N) is 1. The van der Waals surface area contributed by atoms with E-state index in [0.717, 1.165) is 12.8 Å². The molecule has 2 amide bonds. The molecule has 36 heavy (non-hydrogen) atoms. The van der Waals surface area contributed by atoms with Gasteiger partial charge in [-0.3, -0.25) is 9.59 Å². The smallest absolute Gasteiger partial charge is 0.247 e. The van der Waals surface area contributed by atoms with Crippen LogP contribution in [0.15, 0.2) is 23.8 Å². The van der Waals surface area contributed by atoms with Crippen molar-refractivity contribution in [1.29, 1.82) is 0 Å². The van der Waals surface area contributed by atoms with Crippen molar-refractivity contribution in [1.82, 2.24) is 10.2 Å². The first-order valence-electron chi connectivity index (χ1n) is 12.2. The predicted octanol–water partition coefficient (Wildman–Crippen LogP) is 1.13. The highest BCUT2D eigenvalue weighted by Gasteiger charge is 2.41. The van der Waals surface area contributed by atoms with Gasteiger partial charge in [-0.25, -0.2) is 0 Å². The third-order valence-electron chi connectivity index (χ3n) is 6.39. The van der Waals surface area contributed by atoms with Gasteiger partial charge in [0, 0.05) is 38.1 Å². The number of halogens is 1. The maximum absolute atomic E-state index is 13.0. The van der Waals surface area contributed by atoms with E-state index in [2.05, 4.69) is 27.9 Å². The standard InChI is InChI=1S/C25H35IN2O8/c1-3-22(31)28(13-17-5-4-8-35-17)19-11-16(25(33)27-6-7-29)12-20(23(19)32)36-24-18(26)9-15(14-30)10-21(24)34-2/h9-10,12,17,19-20,23,29-30,32H,3-8,11,13-14H2,1-2H3,(H,27,33). The zero-order valence-corrected chi connectivity index (χ0v) is 22.8. The first-order chi connectivity index (χ1) is 17.3. The molecule has 10 nitrogen and oxygen atoms in total. The van der Waals surface area contributed by atoms with E-state index in [1.54, 1.807) is 30.0 Å². The SMILES string of the molecule is CCC(=O)N(CC1CCCO1)C1CC(C(=O)NCCO)=CC(Oc2c(I)cc(CO)cc2OC)C1O. The number of carbonyl (C=O) groups excluding carboxylic acids is 2. The molecule has 4 unspecified atom stereocenters. The Morgan fingerprint density at radius 1 is 1.31 bits per heavy atom. The third kappa shape index (κ3) is 6.88. The summed E-state index contributed by atoms with van der Waals surface area (Å²) in [5.74, 6) is 0.192. The van der Waals surface area contributed by atoms with E-state index >= 15 is 0 Å². The van der Waals surface area contributed by atoms with E-state index in [4.69, 9.17) is 19.3 Å². The van der Waals surface area contributed by atoms with E-state index in [0.29, 0.717) is 39.4 Å². The Labute approximate surface area is 224 Å². The largest absolute Gasteiger partial charge is 0.493 e. The lowest BCUT2D eigenvalue weighted by Crippen LogP contribution is -2.56. The molecular weight excluding hydrogens is 583 g/mol. The molecule has 4 atom stereocenters. The summed E-state index contributed by atoms with van der Waals surface area (Å²) in [4.78, 5) is 27.5. The van der Waals surface area contributed by atoms with E-state index in [9.17, 15) is 19.8 Å². The Hall–Kier alpha value is -1.93. The van der Waals surface area contributed by atoms with Crippen molar-refractivity contribution in [2.45, 2.75) is 63.6 Å². The van der Waals surface area contributed by atoms with Crippen LogP contribution in [0, 0.1) is 3.57 Å². The zero-order valence-electron chi connectivity index (χ0n) is 20.6. The fourth-order valence-electron chi connectivity index (χ4n) is 4.53. The number of amides is 2. The molecule has 0 aromatic heterocycles. The average molecular weight is 618 g/mol. The highest BCUT2D eigenvalue weighted by Crippen LogP contribution is 2.37. The lowest BCUT2D eigenvalue weighted by Gasteiger charge is -2.41. The maximum atomic E-state index is 13.0. The summed E-state index contributed by atoms with van der Waals surface area (Å²) >= 11 is 2.06. The predicted molar refractivity (Wildman–Crippen MR) is 140 cm³/mol. The van der Waals surface area contributed by atoms with Gasteiger partial charge in [-0.15, -0.1) is 0 Å². The molecule has 1 fully saturated rings. The van der Waals surface area contributed by atoms with Crippen molar-refractivity contribution in [2.24, 2.45) is 0 Å². The summed E-state index contributed by atoms with van der Waals surface area (Å²) < 4.78 is 18.1. The van der Waals surface area contributed by atoms with Crippen molar-refractivity contribution in [3.8, 4) is 11.5 Å². The topological polar surface area (TPSA) is 138 Å². The Morgan fingerprint density at radius 2 is 2.08 bits per heavy atom. The minimum atomic E-state index is -1.13. The average Bonchev–Trinajstić information content (AvgIpc) is 3.40. The summed E-state index contributed by atoms with van der Waals surface area (Å²) in [5, 5.41) is 32.8. The summed E-state index contributed by atoms with van der Waals surface area (Å²) in [5.41, 5.74) is 0.993. The summed E-state index contributed by atoms with van der Waals surface area (Å²) in [7, 11) is 1.48. The molecule has 4 N–H and O–H groups in total. The van der Waals surface area contributed by atoms with E-state index < -0.39 is 24.2 Å². The van der Waals surface area contributed by atoms with Crippen molar-refractivity contribution in [3.63, 3.8) is 0 Å². The van der Waals surface area contributed by atoms with Crippen molar-refractivity contribution in [2.75, 3.05) is 33.4 Å². The van der Waals surface area contributed by atoms with Gasteiger partial charge in [0.05, 0.1) is 36.0 Å². The fourth-order valence-corrected chi connectivity index (χ4v) is 5.32. The Kier molecular flexibility index (Phi) is 10.8. The van der Waals surface area contributed by atoms with Crippen LogP contribution in [0.4, 0.5) is 0 Å². The van der Waals surface area contributed by atoms with Crippen LogP contribution >= 0.6 is 22.6 Å². The second-order valence-electron chi connectivity index (χ2n) is 8.82. The monoisotopic (exact) mass is 618 g/mol. The Balaban J connectivity index is 1.97. The second kappa shape index (κ2) is 13.6. The molecule has 0 bridgehead atoms. The molecule has 1 aromatic carbocycles. The van der Waals surface area contributed by atoms with Gasteiger partial charge in [-0.1, -0.05) is 6.92 Å². The van der Waals surface area contributed by atoms with Crippen LogP contribution in [0.2, 0.25) is 0 Å². The van der Waals surface area contributed by atoms with Crippen LogP contribution in [-0.2, 0) is 20.9 Å². The van der Waals surface area contributed by atoms with Crippen molar-refractivity contribution in [3.05, 3.63) is 32.9 Å². The molecule has 11 heteroatoms. The number of benzene rings is 1. The number of nitrogens with one attached hydrogen (secondary N) is 1. The van der Waals surface area contributed by atoms with Crippen molar-refractivity contribution >= 4 is 34.4 Å². The maximum Gasteiger partial charge on any atom is 0.247 e. The molecule has 0 spiro atoms. The molecule has 200 valence electrons. The normalized spacial score (nSPS) is 23.7. The van der Waals surface area contributed by atoms with Crippen LogP contribution in [0.5, 0.6) is 11.5 Å². The van der Waals surface area contributed by atoms with E-state index in [1.807, 2.05) is 0 Å². The number of ether oxygens (including phenoxy) is 3. The highest BCUT2D eigenvalue weighted by molar-refractivity contribution is 14.1. The van der Waals surface area contributed by atoms with Crippen LogP contribution in [0.25, 0.3) is 0 Å². The molecule has 1 heterocycles. The third-order valence-corrected chi connectivity index (χ3v) is 7.19. The molecule has 3 rings (SSSR count). The number of hydrogen-bond acceptors (Lipinski definition) is 8. The van der Waals surface area contributed by atoms with Crippen LogP contribution < -0.4 is 14.8 Å². The number of aliphatic hydroxyl groups is 3. The molecule has 1 aromatic rings. The Morgan fingerprint density at radius 3 is 2.69 bits per heavy atom. The number of aliphatic hydroxyl groups excluding tert-OH is 3. The molecule has 1 aliphatic carbocycles. The van der Waals surface area contributed by atoms with Crippen LogP contribution in [0.1, 0.15) is 38.2 Å². The molecule has 0 saturated carbocycles. The summed E-state index contributed by atoms with van der Waals surface area (Å²) in [6.07, 6.45) is 1.45. The molecule has 2 aliphatic rings. The van der Waals surface area contributed by atoms with E-state index in [1.165, 1.54) is 7.11 Å². The van der Waals surface area contributed by atoms with Crippen molar-refractivity contribution < 1.29 is 39.1 Å². The van der Waals surface area contributed by atoms with Gasteiger partial charge in [0.25, 0.3) is 0 Å². The quantitative estimate of drug-likeness (QED) is 0.271. The molecule has 0 radical (unpaired) electrons. The van der Waals surface area contributed by atoms with Gasteiger partial charge in [-0.05, 0) is 59.2 Å². The number of methoxy groups -OCH3 is 1. The van der Waals surface area contributed by atoms with Crippen LogP contribution in [0.3, 0.4) is 0 Å². The Bertz CT molecular complexity index is 950. The summed E-state index contributed by atoms with van der Waals surface area (Å²) in [6, 6.07) is 2.67. The minimum Gasteiger partial charge on any atom is -0.493 e. The highest BCUT2D eigenvalue weighted by atomic mass is 127. The van der Waals surface area contributed by atoms with Gasteiger partial charge >= 0.3 is 0 Å². The van der Waals surface area contributed by atoms with Gasteiger partial charge in [0.2, 0.25) is 11.8 Å². The molecule has 1 saturated heterocycles. The molecule has 1 aliphatic heterocycles. The van der Waals surface area contributed by atoms with Gasteiger partial charge < -0.3 is 39.7 Å². The van der Waals surface area contributed by atoms with Crippen LogP contribution in [-0.4, -0.2) is 89.8 Å². The number of carbonyl (C=O) groups is 2. The number of hydrogen-bond donors (Lipinski definition) is 4. The van der Waals surface area contributed by atoms with Gasteiger partial charge in [0.15, 0.2) is 11.5 Å². The first-order valence-corrected chi connectivity index (χ1v) is 13.2. The second-order valence-corrected chi connectivity index (χ2v) is 9.98. The minimum absolute atomic E-state index is 0.0801. The number of rotatable bonds is 11. The van der Waals surface area contributed by atoms with Gasteiger partial charge in [0.1, 0.15) is 12.2 Å². The van der Waals surface area contributed by atoms with E-state index in [-0.39, 0.29) is 44.6 Å². The lowest BCUT2D eigenvalue weighted by molar-refractivity contribution is -0.140. The fraction of sp³-hybridized carbons (Fsp3) is 0.600. The first kappa shape index (κ1) is 28.6. The van der Waals surface area contributed by atoms with Gasteiger partial charge in [-0.2, -0.15) is 0 Å². The molecular formula is C25H35IN2O8.